The maximum Gasteiger partial charge on any atom is 0.293 e. The molecule has 1 amide bonds. The van der Waals surface area contributed by atoms with Gasteiger partial charge >= 0.3 is 0 Å². The zero-order chi connectivity index (χ0) is 11.0. The summed E-state index contributed by atoms with van der Waals surface area (Å²) in [7, 11) is 0. The molecule has 15 heavy (non-hydrogen) atoms. The van der Waals surface area contributed by atoms with E-state index < -0.39 is 0 Å². The van der Waals surface area contributed by atoms with Gasteiger partial charge in [0.05, 0.1) is 0 Å². The lowest BCUT2D eigenvalue weighted by Crippen LogP contribution is -2.32. The maximum atomic E-state index is 11.9. The molecule has 1 fully saturated rings. The number of carbonyl (C=O) groups is 1. The molecule has 0 spiro atoms. The molecule has 82 valence electrons. The second kappa shape index (κ2) is 3.62. The van der Waals surface area contributed by atoms with E-state index in [0.717, 1.165) is 0 Å². The van der Waals surface area contributed by atoms with Gasteiger partial charge in [-0.1, -0.05) is 6.92 Å². The number of amides is 1. The Labute approximate surface area is 87.9 Å². The van der Waals surface area contributed by atoms with Gasteiger partial charge < -0.3 is 10.6 Å². The van der Waals surface area contributed by atoms with Crippen molar-refractivity contribution < 1.29 is 4.79 Å². The molecule has 2 unspecified atom stereocenters. The van der Waals surface area contributed by atoms with Crippen LogP contribution in [-0.4, -0.2) is 45.1 Å². The number of rotatable bonds is 1. The van der Waals surface area contributed by atoms with E-state index in [1.54, 1.807) is 11.8 Å². The standard InChI is InChI=1S/C9H15N5O/c1-5-3-14(4-7(5)10)9(15)8-11-6(2)12-13-8/h5,7H,3-4,10H2,1-2H3,(H,11,12,13). The first-order chi connectivity index (χ1) is 7.08. The highest BCUT2D eigenvalue weighted by Gasteiger charge is 2.31. The van der Waals surface area contributed by atoms with E-state index in [1.165, 1.54) is 0 Å². The number of likely N-dealkylation sites (tertiary alicyclic amines) is 1. The number of H-pyrrole nitrogens is 1. The molecule has 1 aliphatic rings. The van der Waals surface area contributed by atoms with Crippen LogP contribution in [0.2, 0.25) is 0 Å². The summed E-state index contributed by atoms with van der Waals surface area (Å²) in [5.41, 5.74) is 5.85. The topological polar surface area (TPSA) is 87.9 Å². The molecular formula is C9H15N5O. The Kier molecular flexibility index (Phi) is 2.44. The average molecular weight is 209 g/mol. The Morgan fingerprint density at radius 1 is 1.60 bits per heavy atom. The summed E-state index contributed by atoms with van der Waals surface area (Å²) >= 11 is 0. The molecule has 0 bridgehead atoms. The van der Waals surface area contributed by atoms with Gasteiger partial charge in [-0.25, -0.2) is 4.98 Å². The van der Waals surface area contributed by atoms with Crippen molar-refractivity contribution in [1.29, 1.82) is 0 Å². The van der Waals surface area contributed by atoms with Crippen molar-refractivity contribution in [1.82, 2.24) is 20.1 Å². The van der Waals surface area contributed by atoms with Crippen LogP contribution >= 0.6 is 0 Å². The molecule has 2 rings (SSSR count). The fraction of sp³-hybridized carbons (Fsp3) is 0.667. The van der Waals surface area contributed by atoms with Gasteiger partial charge in [0.25, 0.3) is 5.91 Å². The van der Waals surface area contributed by atoms with Gasteiger partial charge in [0.2, 0.25) is 5.82 Å². The number of hydrogen-bond donors (Lipinski definition) is 2. The van der Waals surface area contributed by atoms with Gasteiger partial charge in [0.15, 0.2) is 0 Å². The van der Waals surface area contributed by atoms with Gasteiger partial charge in [-0.15, -0.1) is 5.10 Å². The van der Waals surface area contributed by atoms with Crippen molar-refractivity contribution in [2.24, 2.45) is 11.7 Å². The van der Waals surface area contributed by atoms with Gasteiger partial charge in [0.1, 0.15) is 5.82 Å². The molecular weight excluding hydrogens is 194 g/mol. The Bertz CT molecular complexity index is 364. The molecule has 1 aromatic rings. The van der Waals surface area contributed by atoms with E-state index in [2.05, 4.69) is 15.2 Å². The minimum Gasteiger partial charge on any atom is -0.334 e. The average Bonchev–Trinajstić information content (AvgIpc) is 2.74. The minimum atomic E-state index is -0.140. The first-order valence-electron chi connectivity index (χ1n) is 5.02. The number of nitrogens with zero attached hydrogens (tertiary/aromatic N) is 3. The number of hydrogen-bond acceptors (Lipinski definition) is 4. The summed E-state index contributed by atoms with van der Waals surface area (Å²) in [5.74, 6) is 1.08. The highest BCUT2D eigenvalue weighted by atomic mass is 16.2. The van der Waals surface area contributed by atoms with E-state index in [9.17, 15) is 4.79 Å². The summed E-state index contributed by atoms with van der Waals surface area (Å²) in [6.45, 7) is 5.09. The molecule has 0 aliphatic carbocycles. The number of aromatic nitrogens is 3. The number of nitrogens with two attached hydrogens (primary N) is 1. The smallest absolute Gasteiger partial charge is 0.293 e. The quantitative estimate of drug-likeness (QED) is 0.654. The summed E-state index contributed by atoms with van der Waals surface area (Å²) in [4.78, 5) is 17.6. The highest BCUT2D eigenvalue weighted by molar-refractivity contribution is 5.90. The maximum absolute atomic E-state index is 11.9. The van der Waals surface area contributed by atoms with Crippen LogP contribution in [0, 0.1) is 12.8 Å². The zero-order valence-electron chi connectivity index (χ0n) is 8.90. The monoisotopic (exact) mass is 209 g/mol. The van der Waals surface area contributed by atoms with Crippen LogP contribution in [0.15, 0.2) is 0 Å². The van der Waals surface area contributed by atoms with Crippen molar-refractivity contribution in [3.63, 3.8) is 0 Å². The number of aryl methyl sites for hydroxylation is 1. The first-order valence-corrected chi connectivity index (χ1v) is 5.02. The van der Waals surface area contributed by atoms with Crippen LogP contribution in [0.25, 0.3) is 0 Å². The summed E-state index contributed by atoms with van der Waals surface area (Å²) in [6, 6.07) is 0.0639. The molecule has 2 atom stereocenters. The van der Waals surface area contributed by atoms with E-state index in [1.807, 2.05) is 6.92 Å². The van der Waals surface area contributed by atoms with Crippen LogP contribution in [0.1, 0.15) is 23.4 Å². The third-order valence-corrected chi connectivity index (χ3v) is 2.75. The van der Waals surface area contributed by atoms with Crippen molar-refractivity contribution in [2.75, 3.05) is 13.1 Å². The predicted octanol–water partition coefficient (Wildman–Crippen LogP) is -0.468. The SMILES string of the molecule is Cc1nc(C(=O)N2CC(C)C(N)C2)n[nH]1. The Morgan fingerprint density at radius 3 is 2.80 bits per heavy atom. The third-order valence-electron chi connectivity index (χ3n) is 2.75. The normalized spacial score (nSPS) is 25.9. The van der Waals surface area contributed by atoms with Crippen LogP contribution in [-0.2, 0) is 0 Å². The lowest BCUT2D eigenvalue weighted by Gasteiger charge is -2.12. The molecule has 0 radical (unpaired) electrons. The Morgan fingerprint density at radius 2 is 2.33 bits per heavy atom. The van der Waals surface area contributed by atoms with Gasteiger partial charge in [-0.05, 0) is 12.8 Å². The second-order valence-corrected chi connectivity index (χ2v) is 4.10. The fourth-order valence-corrected chi connectivity index (χ4v) is 1.74. The molecule has 3 N–H and O–H groups in total. The van der Waals surface area contributed by atoms with Crippen LogP contribution in [0.4, 0.5) is 0 Å². The Hall–Kier alpha value is -1.43. The fourth-order valence-electron chi connectivity index (χ4n) is 1.74. The molecule has 1 aliphatic heterocycles. The van der Waals surface area contributed by atoms with E-state index >= 15 is 0 Å². The van der Waals surface area contributed by atoms with Crippen molar-refractivity contribution in [3.05, 3.63) is 11.6 Å². The highest BCUT2D eigenvalue weighted by Crippen LogP contribution is 2.15. The predicted molar refractivity (Wildman–Crippen MR) is 54.2 cm³/mol. The van der Waals surface area contributed by atoms with Crippen molar-refractivity contribution in [3.8, 4) is 0 Å². The lowest BCUT2D eigenvalue weighted by molar-refractivity contribution is 0.0775. The zero-order valence-corrected chi connectivity index (χ0v) is 8.90. The Balaban J connectivity index is 2.10. The van der Waals surface area contributed by atoms with Crippen LogP contribution in [0.5, 0.6) is 0 Å². The molecule has 1 aromatic heterocycles. The minimum absolute atomic E-state index is 0.0639. The third kappa shape index (κ3) is 1.85. The molecule has 0 saturated carbocycles. The number of carbonyl (C=O) groups excluding carboxylic acids is 1. The van der Waals surface area contributed by atoms with Crippen molar-refractivity contribution >= 4 is 5.91 Å². The number of nitrogens with one attached hydrogen (secondary N) is 1. The summed E-state index contributed by atoms with van der Waals surface area (Å²) in [5, 5.41) is 6.50. The number of aromatic amines is 1. The molecule has 6 nitrogen and oxygen atoms in total. The molecule has 2 heterocycles. The summed E-state index contributed by atoms with van der Waals surface area (Å²) in [6.07, 6.45) is 0. The molecule has 1 saturated heterocycles. The molecule has 6 heteroatoms. The van der Waals surface area contributed by atoms with Crippen LogP contribution in [0.3, 0.4) is 0 Å². The van der Waals surface area contributed by atoms with E-state index in [0.29, 0.717) is 24.8 Å². The first kappa shape index (κ1) is 10.1. The summed E-state index contributed by atoms with van der Waals surface area (Å²) < 4.78 is 0. The van der Waals surface area contributed by atoms with Gasteiger partial charge in [-0.3, -0.25) is 9.89 Å². The largest absolute Gasteiger partial charge is 0.334 e. The van der Waals surface area contributed by atoms with E-state index in [-0.39, 0.29) is 17.8 Å². The second-order valence-electron chi connectivity index (χ2n) is 4.10. The lowest BCUT2D eigenvalue weighted by atomic mass is 10.1. The van der Waals surface area contributed by atoms with Gasteiger partial charge in [0, 0.05) is 19.1 Å². The van der Waals surface area contributed by atoms with Gasteiger partial charge in [-0.2, -0.15) is 0 Å². The van der Waals surface area contributed by atoms with Crippen molar-refractivity contribution in [2.45, 2.75) is 19.9 Å². The molecule has 0 aromatic carbocycles. The van der Waals surface area contributed by atoms with E-state index in [4.69, 9.17) is 5.73 Å². The van der Waals surface area contributed by atoms with Crippen LogP contribution < -0.4 is 5.73 Å².